The number of hydrogen-bond acceptors (Lipinski definition) is 1. The minimum atomic E-state index is -0.938. The molecule has 64 valence electrons. The highest BCUT2D eigenvalue weighted by molar-refractivity contribution is 5.64. The summed E-state index contributed by atoms with van der Waals surface area (Å²) < 4.78 is 12.7. The summed E-state index contributed by atoms with van der Waals surface area (Å²) in [5.74, 6) is 0. The molecule has 0 amide bonds. The van der Waals surface area contributed by atoms with E-state index < -0.39 is 6.17 Å². The molecule has 0 saturated heterocycles. The van der Waals surface area contributed by atoms with Crippen molar-refractivity contribution in [2.75, 3.05) is 0 Å². The van der Waals surface area contributed by atoms with E-state index in [2.05, 4.69) is 6.92 Å². The Kier molecular flexibility index (Phi) is 7.00. The standard InChI is InChI=1S/C9H15FO/c1-2-3-4-6-9(10)7-5-8-11/h5,7-9H,2-4,6H2,1H3/b7-5-/t9-/m0/s1. The van der Waals surface area contributed by atoms with Crippen LogP contribution in [0.15, 0.2) is 12.2 Å². The Hall–Kier alpha value is -0.660. The molecule has 0 rings (SSSR count). The van der Waals surface area contributed by atoms with Gasteiger partial charge in [0.05, 0.1) is 0 Å². The third-order valence-corrected chi connectivity index (χ3v) is 1.48. The molecule has 1 atom stereocenters. The van der Waals surface area contributed by atoms with Gasteiger partial charge in [-0.1, -0.05) is 26.2 Å². The molecular weight excluding hydrogens is 143 g/mol. The van der Waals surface area contributed by atoms with Crippen molar-refractivity contribution in [1.29, 1.82) is 0 Å². The van der Waals surface area contributed by atoms with Gasteiger partial charge in [-0.3, -0.25) is 4.79 Å². The van der Waals surface area contributed by atoms with Crippen LogP contribution in [-0.2, 0) is 4.79 Å². The predicted octanol–water partition coefficient (Wildman–Crippen LogP) is 2.66. The lowest BCUT2D eigenvalue weighted by molar-refractivity contribution is -0.104. The first kappa shape index (κ1) is 10.3. The highest BCUT2D eigenvalue weighted by Gasteiger charge is 1.98. The molecule has 0 radical (unpaired) electrons. The molecule has 0 aromatic carbocycles. The second-order valence-electron chi connectivity index (χ2n) is 2.53. The Balaban J connectivity index is 3.28. The Bertz CT molecular complexity index is 121. The largest absolute Gasteiger partial charge is 0.299 e. The van der Waals surface area contributed by atoms with Crippen LogP contribution >= 0.6 is 0 Å². The Morgan fingerprint density at radius 3 is 2.73 bits per heavy atom. The highest BCUT2D eigenvalue weighted by Crippen LogP contribution is 2.06. The summed E-state index contributed by atoms with van der Waals surface area (Å²) >= 11 is 0. The number of allylic oxidation sites excluding steroid dienone is 2. The number of aldehydes is 1. The van der Waals surface area contributed by atoms with Crippen LogP contribution in [0.5, 0.6) is 0 Å². The molecule has 0 aliphatic carbocycles. The maximum atomic E-state index is 12.7. The van der Waals surface area contributed by atoms with Gasteiger partial charge in [0.1, 0.15) is 12.5 Å². The normalized spacial score (nSPS) is 13.6. The molecule has 0 unspecified atom stereocenters. The summed E-state index contributed by atoms with van der Waals surface area (Å²) in [4.78, 5) is 9.79. The van der Waals surface area contributed by atoms with Crippen molar-refractivity contribution in [1.82, 2.24) is 0 Å². The number of alkyl halides is 1. The van der Waals surface area contributed by atoms with Crippen LogP contribution in [0, 0.1) is 0 Å². The zero-order valence-corrected chi connectivity index (χ0v) is 6.92. The summed E-state index contributed by atoms with van der Waals surface area (Å²) in [6.45, 7) is 2.08. The van der Waals surface area contributed by atoms with Gasteiger partial charge in [0.2, 0.25) is 0 Å². The van der Waals surface area contributed by atoms with Crippen molar-refractivity contribution in [3.05, 3.63) is 12.2 Å². The van der Waals surface area contributed by atoms with Crippen molar-refractivity contribution in [2.24, 2.45) is 0 Å². The SMILES string of the molecule is CCCCC[C@H](F)/C=C\C=O. The number of carbonyl (C=O) groups excluding carboxylic acids is 1. The van der Waals surface area contributed by atoms with Crippen LogP contribution in [0.4, 0.5) is 4.39 Å². The van der Waals surface area contributed by atoms with Gasteiger partial charge in [-0.05, 0) is 18.6 Å². The van der Waals surface area contributed by atoms with Gasteiger partial charge in [-0.25, -0.2) is 4.39 Å². The van der Waals surface area contributed by atoms with Crippen molar-refractivity contribution in [3.63, 3.8) is 0 Å². The van der Waals surface area contributed by atoms with Crippen LogP contribution in [0.25, 0.3) is 0 Å². The summed E-state index contributed by atoms with van der Waals surface area (Å²) in [6.07, 6.45) is 5.80. The fourth-order valence-corrected chi connectivity index (χ4v) is 0.851. The molecule has 0 aromatic heterocycles. The molecule has 2 heteroatoms. The highest BCUT2D eigenvalue weighted by atomic mass is 19.1. The third-order valence-electron chi connectivity index (χ3n) is 1.48. The number of rotatable bonds is 6. The minimum absolute atomic E-state index is 0.540. The van der Waals surface area contributed by atoms with Crippen LogP contribution in [0.3, 0.4) is 0 Å². The van der Waals surface area contributed by atoms with E-state index in [0.717, 1.165) is 19.3 Å². The molecule has 1 nitrogen and oxygen atoms in total. The molecule has 0 saturated carbocycles. The molecule has 0 aromatic rings. The minimum Gasteiger partial charge on any atom is -0.299 e. The van der Waals surface area contributed by atoms with Crippen molar-refractivity contribution in [2.45, 2.75) is 38.8 Å². The van der Waals surface area contributed by atoms with E-state index in [-0.39, 0.29) is 0 Å². The summed E-state index contributed by atoms with van der Waals surface area (Å²) in [5, 5.41) is 0. The Labute approximate surface area is 67.3 Å². The Morgan fingerprint density at radius 1 is 1.45 bits per heavy atom. The summed E-state index contributed by atoms with van der Waals surface area (Å²) in [5.41, 5.74) is 0. The second-order valence-corrected chi connectivity index (χ2v) is 2.53. The number of hydrogen-bond donors (Lipinski definition) is 0. The van der Waals surface area contributed by atoms with E-state index in [1.807, 2.05) is 0 Å². The molecule has 0 spiro atoms. The lowest BCUT2D eigenvalue weighted by atomic mass is 10.1. The molecular formula is C9H15FO. The maximum absolute atomic E-state index is 12.7. The van der Waals surface area contributed by atoms with E-state index in [1.165, 1.54) is 12.2 Å². The topological polar surface area (TPSA) is 17.1 Å². The van der Waals surface area contributed by atoms with Crippen LogP contribution in [0.2, 0.25) is 0 Å². The van der Waals surface area contributed by atoms with Gasteiger partial charge < -0.3 is 0 Å². The monoisotopic (exact) mass is 158 g/mol. The molecule has 0 bridgehead atoms. The second kappa shape index (κ2) is 7.45. The van der Waals surface area contributed by atoms with E-state index in [4.69, 9.17) is 0 Å². The lowest BCUT2D eigenvalue weighted by Gasteiger charge is -1.99. The van der Waals surface area contributed by atoms with Crippen molar-refractivity contribution >= 4 is 6.29 Å². The molecule has 0 heterocycles. The maximum Gasteiger partial charge on any atom is 0.142 e. The molecule has 11 heavy (non-hydrogen) atoms. The molecule has 0 N–H and O–H groups in total. The Morgan fingerprint density at radius 2 is 2.18 bits per heavy atom. The van der Waals surface area contributed by atoms with E-state index in [0.29, 0.717) is 12.7 Å². The van der Waals surface area contributed by atoms with Gasteiger partial charge >= 0.3 is 0 Å². The van der Waals surface area contributed by atoms with E-state index in [1.54, 1.807) is 0 Å². The van der Waals surface area contributed by atoms with Gasteiger partial charge in [0, 0.05) is 0 Å². The number of halogens is 1. The zero-order valence-electron chi connectivity index (χ0n) is 6.92. The number of carbonyl (C=O) groups is 1. The quantitative estimate of drug-likeness (QED) is 0.330. The average molecular weight is 158 g/mol. The van der Waals surface area contributed by atoms with Crippen LogP contribution in [-0.4, -0.2) is 12.5 Å². The van der Waals surface area contributed by atoms with Gasteiger partial charge in [-0.15, -0.1) is 0 Å². The molecule has 0 aliphatic rings. The van der Waals surface area contributed by atoms with Gasteiger partial charge in [0.15, 0.2) is 0 Å². The first-order valence-corrected chi connectivity index (χ1v) is 4.07. The zero-order chi connectivity index (χ0) is 8.53. The van der Waals surface area contributed by atoms with Crippen LogP contribution in [0.1, 0.15) is 32.6 Å². The van der Waals surface area contributed by atoms with E-state index in [9.17, 15) is 9.18 Å². The average Bonchev–Trinajstić information content (AvgIpc) is 2.01. The van der Waals surface area contributed by atoms with Crippen molar-refractivity contribution < 1.29 is 9.18 Å². The smallest absolute Gasteiger partial charge is 0.142 e. The first-order valence-electron chi connectivity index (χ1n) is 4.07. The van der Waals surface area contributed by atoms with Crippen LogP contribution < -0.4 is 0 Å². The van der Waals surface area contributed by atoms with Gasteiger partial charge in [-0.2, -0.15) is 0 Å². The summed E-state index contributed by atoms with van der Waals surface area (Å²) in [7, 11) is 0. The third kappa shape index (κ3) is 7.23. The van der Waals surface area contributed by atoms with E-state index >= 15 is 0 Å². The van der Waals surface area contributed by atoms with Gasteiger partial charge in [0.25, 0.3) is 0 Å². The summed E-state index contributed by atoms with van der Waals surface area (Å²) in [6, 6.07) is 0. The predicted molar refractivity (Wildman–Crippen MR) is 44.2 cm³/mol. The first-order chi connectivity index (χ1) is 5.31. The lowest BCUT2D eigenvalue weighted by Crippen LogP contribution is -1.94. The fraction of sp³-hybridized carbons (Fsp3) is 0.667. The molecule has 0 fully saturated rings. The molecule has 0 aliphatic heterocycles. The fourth-order valence-electron chi connectivity index (χ4n) is 0.851. The number of unbranched alkanes of at least 4 members (excludes halogenated alkanes) is 2. The van der Waals surface area contributed by atoms with Crippen molar-refractivity contribution in [3.8, 4) is 0 Å².